The van der Waals surface area contributed by atoms with Crippen LogP contribution in [0.4, 0.5) is 0 Å². The minimum atomic E-state index is -0.819. The van der Waals surface area contributed by atoms with Gasteiger partial charge in [0.05, 0.1) is 6.10 Å². The van der Waals surface area contributed by atoms with Gasteiger partial charge in [-0.25, -0.2) is 0 Å². The summed E-state index contributed by atoms with van der Waals surface area (Å²) in [6.45, 7) is 1.73. The Morgan fingerprint density at radius 1 is 1.56 bits per heavy atom. The van der Waals surface area contributed by atoms with Gasteiger partial charge in [-0.15, -0.1) is 0 Å². The molecule has 1 aliphatic carbocycles. The van der Waals surface area contributed by atoms with Crippen molar-refractivity contribution in [2.75, 3.05) is 0 Å². The van der Waals surface area contributed by atoms with Gasteiger partial charge in [0, 0.05) is 18.8 Å². The molecule has 0 radical (unpaired) electrons. The lowest BCUT2D eigenvalue weighted by Gasteiger charge is -2.16. The molecule has 1 aliphatic rings. The molecular weight excluding hydrogens is 208 g/mol. The van der Waals surface area contributed by atoms with Crippen LogP contribution >= 0.6 is 0 Å². The summed E-state index contributed by atoms with van der Waals surface area (Å²) in [6, 6.07) is 0. The number of hydrogen-bond donors (Lipinski definition) is 2. The second-order valence-electron chi connectivity index (χ2n) is 4.75. The van der Waals surface area contributed by atoms with E-state index >= 15 is 0 Å². The molecule has 3 atom stereocenters. The van der Waals surface area contributed by atoms with E-state index in [4.69, 9.17) is 10.2 Å². The van der Waals surface area contributed by atoms with Crippen molar-refractivity contribution in [2.45, 2.75) is 51.6 Å². The predicted octanol–water partition coefficient (Wildman–Crippen LogP) is 1.61. The number of carbonyl (C=O) groups excluding carboxylic acids is 1. The smallest absolute Gasteiger partial charge is 0.303 e. The highest BCUT2D eigenvalue weighted by Gasteiger charge is 2.35. The molecule has 16 heavy (non-hydrogen) atoms. The van der Waals surface area contributed by atoms with E-state index in [1.165, 1.54) is 0 Å². The lowest BCUT2D eigenvalue weighted by molar-refractivity contribution is -0.138. The van der Waals surface area contributed by atoms with Crippen molar-refractivity contribution in [3.05, 3.63) is 0 Å². The molecule has 0 aromatic carbocycles. The number of Topliss-reactive ketones (excluding diaryl/α,β-unsaturated/α-hetero) is 1. The van der Waals surface area contributed by atoms with E-state index in [1.807, 2.05) is 0 Å². The number of aliphatic carboxylic acids is 1. The van der Waals surface area contributed by atoms with Crippen molar-refractivity contribution >= 4 is 11.8 Å². The summed E-state index contributed by atoms with van der Waals surface area (Å²) < 4.78 is 0. The zero-order valence-electron chi connectivity index (χ0n) is 9.69. The zero-order valence-corrected chi connectivity index (χ0v) is 9.69. The van der Waals surface area contributed by atoms with Crippen molar-refractivity contribution in [3.63, 3.8) is 0 Å². The van der Waals surface area contributed by atoms with Crippen molar-refractivity contribution in [1.29, 1.82) is 0 Å². The molecule has 4 heteroatoms. The van der Waals surface area contributed by atoms with E-state index in [0.717, 1.165) is 12.8 Å². The van der Waals surface area contributed by atoms with Crippen LogP contribution < -0.4 is 0 Å². The Labute approximate surface area is 95.7 Å². The van der Waals surface area contributed by atoms with Crippen LogP contribution in [0.5, 0.6) is 0 Å². The molecule has 1 fully saturated rings. The number of carboxylic acids is 1. The summed E-state index contributed by atoms with van der Waals surface area (Å²) in [5, 5.41) is 17.9. The van der Waals surface area contributed by atoms with Crippen LogP contribution in [0, 0.1) is 11.8 Å². The van der Waals surface area contributed by atoms with Crippen LogP contribution in [0.1, 0.15) is 45.4 Å². The molecule has 0 aromatic heterocycles. The first-order chi connectivity index (χ1) is 7.50. The molecule has 1 rings (SSSR count). The van der Waals surface area contributed by atoms with Crippen LogP contribution in [0.15, 0.2) is 0 Å². The summed E-state index contributed by atoms with van der Waals surface area (Å²) in [5.74, 6) is -0.689. The third kappa shape index (κ3) is 3.93. The Morgan fingerprint density at radius 3 is 2.81 bits per heavy atom. The highest BCUT2D eigenvalue weighted by Crippen LogP contribution is 2.34. The summed E-state index contributed by atoms with van der Waals surface area (Å²) >= 11 is 0. The second-order valence-corrected chi connectivity index (χ2v) is 4.75. The first kappa shape index (κ1) is 13.2. The van der Waals surface area contributed by atoms with Crippen LogP contribution in [0.3, 0.4) is 0 Å². The van der Waals surface area contributed by atoms with Crippen LogP contribution in [0.2, 0.25) is 0 Å². The number of ketones is 1. The molecule has 4 nitrogen and oxygen atoms in total. The molecule has 2 N–H and O–H groups in total. The average molecular weight is 228 g/mol. The molecule has 0 amide bonds. The molecule has 0 aromatic rings. The number of aliphatic hydroxyl groups excluding tert-OH is 1. The molecular formula is C12H20O4. The number of rotatable bonds is 6. The first-order valence-electron chi connectivity index (χ1n) is 5.93. The van der Waals surface area contributed by atoms with Gasteiger partial charge in [-0.3, -0.25) is 9.59 Å². The Hall–Kier alpha value is -0.900. The predicted molar refractivity (Wildman–Crippen MR) is 59.0 cm³/mol. The van der Waals surface area contributed by atoms with Crippen LogP contribution in [0.25, 0.3) is 0 Å². The molecule has 1 saturated carbocycles. The topological polar surface area (TPSA) is 74.6 Å². The van der Waals surface area contributed by atoms with E-state index in [9.17, 15) is 9.59 Å². The van der Waals surface area contributed by atoms with Gasteiger partial charge in [0.15, 0.2) is 0 Å². The summed E-state index contributed by atoms with van der Waals surface area (Å²) in [6.07, 6.45) is 3.21. The van der Waals surface area contributed by atoms with E-state index in [2.05, 4.69) is 0 Å². The Kier molecular flexibility index (Phi) is 4.93. The van der Waals surface area contributed by atoms with Crippen LogP contribution in [-0.2, 0) is 9.59 Å². The SMILES string of the molecule is CC(O)CCCC1C(=O)CCC1CC(=O)O. The van der Waals surface area contributed by atoms with E-state index in [-0.39, 0.29) is 30.1 Å². The van der Waals surface area contributed by atoms with Crippen molar-refractivity contribution < 1.29 is 19.8 Å². The maximum absolute atomic E-state index is 11.6. The molecule has 0 bridgehead atoms. The van der Waals surface area contributed by atoms with Gasteiger partial charge in [-0.05, 0) is 32.1 Å². The monoisotopic (exact) mass is 228 g/mol. The summed E-state index contributed by atoms with van der Waals surface area (Å²) in [5.41, 5.74) is 0. The van der Waals surface area contributed by atoms with Gasteiger partial charge in [0.1, 0.15) is 5.78 Å². The van der Waals surface area contributed by atoms with E-state index in [1.54, 1.807) is 6.92 Å². The average Bonchev–Trinajstić information content (AvgIpc) is 2.48. The third-order valence-corrected chi connectivity index (χ3v) is 3.32. The van der Waals surface area contributed by atoms with Crippen molar-refractivity contribution in [2.24, 2.45) is 11.8 Å². The standard InChI is InChI=1S/C12H20O4/c1-8(13)3-2-4-10-9(7-12(15)16)5-6-11(10)14/h8-10,13H,2-7H2,1H3,(H,15,16). The molecule has 92 valence electrons. The van der Waals surface area contributed by atoms with Gasteiger partial charge >= 0.3 is 5.97 Å². The Bertz CT molecular complexity index is 260. The fraction of sp³-hybridized carbons (Fsp3) is 0.833. The maximum Gasteiger partial charge on any atom is 0.303 e. The van der Waals surface area contributed by atoms with Crippen molar-refractivity contribution in [3.8, 4) is 0 Å². The van der Waals surface area contributed by atoms with Gasteiger partial charge in [0.25, 0.3) is 0 Å². The molecule has 0 aliphatic heterocycles. The largest absolute Gasteiger partial charge is 0.481 e. The maximum atomic E-state index is 11.6. The fourth-order valence-electron chi connectivity index (χ4n) is 2.48. The van der Waals surface area contributed by atoms with Gasteiger partial charge in [0.2, 0.25) is 0 Å². The highest BCUT2D eigenvalue weighted by atomic mass is 16.4. The number of carbonyl (C=O) groups is 2. The van der Waals surface area contributed by atoms with E-state index < -0.39 is 5.97 Å². The first-order valence-corrected chi connectivity index (χ1v) is 5.93. The molecule has 0 heterocycles. The highest BCUT2D eigenvalue weighted by molar-refractivity contribution is 5.84. The van der Waals surface area contributed by atoms with Crippen LogP contribution in [-0.4, -0.2) is 28.1 Å². The molecule has 3 unspecified atom stereocenters. The number of carboxylic acid groups (broad SMARTS) is 1. The minimum Gasteiger partial charge on any atom is -0.481 e. The van der Waals surface area contributed by atoms with Gasteiger partial charge in [-0.2, -0.15) is 0 Å². The lowest BCUT2D eigenvalue weighted by atomic mass is 9.88. The third-order valence-electron chi connectivity index (χ3n) is 3.32. The summed E-state index contributed by atoms with van der Waals surface area (Å²) in [4.78, 5) is 22.2. The van der Waals surface area contributed by atoms with E-state index in [0.29, 0.717) is 19.3 Å². The van der Waals surface area contributed by atoms with Crippen molar-refractivity contribution in [1.82, 2.24) is 0 Å². The Balaban J connectivity index is 2.40. The normalized spacial score (nSPS) is 27.0. The quantitative estimate of drug-likeness (QED) is 0.724. The Morgan fingerprint density at radius 2 is 2.25 bits per heavy atom. The minimum absolute atomic E-state index is 0.0130. The summed E-state index contributed by atoms with van der Waals surface area (Å²) in [7, 11) is 0. The molecule has 0 saturated heterocycles. The van der Waals surface area contributed by atoms with Gasteiger partial charge in [-0.1, -0.05) is 6.42 Å². The molecule has 0 spiro atoms. The van der Waals surface area contributed by atoms with Gasteiger partial charge < -0.3 is 10.2 Å². The zero-order chi connectivity index (χ0) is 12.1. The number of hydrogen-bond acceptors (Lipinski definition) is 3. The number of aliphatic hydroxyl groups is 1. The fourth-order valence-corrected chi connectivity index (χ4v) is 2.48. The lowest BCUT2D eigenvalue weighted by Crippen LogP contribution is -2.18. The second kappa shape index (κ2) is 5.99.